The van der Waals surface area contributed by atoms with E-state index >= 15 is 0 Å². The van der Waals surface area contributed by atoms with Crippen molar-refractivity contribution in [1.29, 1.82) is 0 Å². The van der Waals surface area contributed by atoms with Gasteiger partial charge in [-0.1, -0.05) is 6.07 Å². The third-order valence-electron chi connectivity index (χ3n) is 4.85. The topological polar surface area (TPSA) is 73.3 Å². The molecule has 1 aromatic rings. The molecule has 2 aliphatic rings. The van der Waals surface area contributed by atoms with Crippen LogP contribution in [0.25, 0.3) is 0 Å². The zero-order valence-corrected chi connectivity index (χ0v) is 15.7. The Kier molecular flexibility index (Phi) is 6.57. The molecule has 7 heteroatoms. The van der Waals surface area contributed by atoms with Crippen LogP contribution in [0.15, 0.2) is 23.2 Å². The molecular formula is C19H29N3O4. The highest BCUT2D eigenvalue weighted by Gasteiger charge is 2.32. The van der Waals surface area contributed by atoms with Gasteiger partial charge in [0.1, 0.15) is 0 Å². The van der Waals surface area contributed by atoms with Crippen LogP contribution in [0.5, 0.6) is 11.5 Å². The maximum atomic E-state index is 5.76. The Morgan fingerprint density at radius 2 is 2.00 bits per heavy atom. The van der Waals surface area contributed by atoms with Crippen LogP contribution in [0.2, 0.25) is 0 Å². The molecule has 1 aromatic carbocycles. The van der Waals surface area contributed by atoms with Gasteiger partial charge < -0.3 is 29.6 Å². The molecule has 0 aromatic heterocycles. The molecule has 0 spiro atoms. The van der Waals surface area contributed by atoms with Crippen LogP contribution < -0.4 is 20.1 Å². The van der Waals surface area contributed by atoms with Crippen LogP contribution >= 0.6 is 0 Å². The Hall–Kier alpha value is -1.99. The fraction of sp³-hybridized carbons (Fsp3) is 0.632. The third-order valence-corrected chi connectivity index (χ3v) is 4.85. The minimum atomic E-state index is -0.210. The molecule has 144 valence electrons. The summed E-state index contributed by atoms with van der Waals surface area (Å²) in [6.45, 7) is 6.07. The first-order valence-corrected chi connectivity index (χ1v) is 9.28. The molecule has 0 atom stereocenters. The maximum Gasteiger partial charge on any atom is 0.231 e. The number of hydrogen-bond donors (Lipinski definition) is 2. The predicted molar refractivity (Wildman–Crippen MR) is 100 cm³/mol. The second kappa shape index (κ2) is 9.09. The van der Waals surface area contributed by atoms with Crippen LogP contribution in [0.1, 0.15) is 25.3 Å². The van der Waals surface area contributed by atoms with Crippen molar-refractivity contribution in [3.8, 4) is 11.5 Å². The van der Waals surface area contributed by atoms with E-state index in [2.05, 4.69) is 23.6 Å². The van der Waals surface area contributed by atoms with Gasteiger partial charge in [-0.05, 0) is 31.0 Å². The van der Waals surface area contributed by atoms with Crippen LogP contribution in [0.3, 0.4) is 0 Å². The second-order valence-electron chi connectivity index (χ2n) is 6.56. The van der Waals surface area contributed by atoms with Gasteiger partial charge in [-0.15, -0.1) is 0 Å². The van der Waals surface area contributed by atoms with Crippen molar-refractivity contribution in [3.05, 3.63) is 23.8 Å². The van der Waals surface area contributed by atoms with Gasteiger partial charge in [0, 0.05) is 46.3 Å². The van der Waals surface area contributed by atoms with Crippen molar-refractivity contribution >= 4 is 5.96 Å². The molecule has 7 nitrogen and oxygen atoms in total. The molecule has 2 aliphatic heterocycles. The molecule has 2 N–H and O–H groups in total. The van der Waals surface area contributed by atoms with Crippen molar-refractivity contribution < 1.29 is 18.9 Å². The van der Waals surface area contributed by atoms with Crippen molar-refractivity contribution in [2.24, 2.45) is 4.99 Å². The molecule has 2 heterocycles. The summed E-state index contributed by atoms with van der Waals surface area (Å²) in [5.74, 6) is 2.46. The monoisotopic (exact) mass is 363 g/mol. The van der Waals surface area contributed by atoms with E-state index in [0.717, 1.165) is 63.0 Å². The maximum absolute atomic E-state index is 5.76. The summed E-state index contributed by atoms with van der Waals surface area (Å²) in [7, 11) is 1.76. The quantitative estimate of drug-likeness (QED) is 0.568. The summed E-state index contributed by atoms with van der Waals surface area (Å²) < 4.78 is 22.0. The summed E-state index contributed by atoms with van der Waals surface area (Å²) >= 11 is 0. The normalized spacial score (nSPS) is 18.6. The van der Waals surface area contributed by atoms with Gasteiger partial charge in [-0.2, -0.15) is 0 Å². The average Bonchev–Trinajstić information content (AvgIpc) is 3.15. The Morgan fingerprint density at radius 3 is 2.77 bits per heavy atom. The Bertz CT molecular complexity index is 615. The number of rotatable bonds is 7. The van der Waals surface area contributed by atoms with Crippen molar-refractivity contribution in [3.63, 3.8) is 0 Å². The van der Waals surface area contributed by atoms with E-state index in [1.165, 1.54) is 5.56 Å². The lowest BCUT2D eigenvalue weighted by molar-refractivity contribution is -0.0828. The van der Waals surface area contributed by atoms with E-state index in [4.69, 9.17) is 23.9 Å². The molecule has 0 unspecified atom stereocenters. The summed E-state index contributed by atoms with van der Waals surface area (Å²) in [4.78, 5) is 4.74. The standard InChI is InChI=1S/C19H29N3O4/c1-3-20-18(22-13-19(23-2)7-10-24-11-8-19)21-9-6-15-4-5-16-17(12-15)26-14-25-16/h4-5,12H,3,6-11,13-14H2,1-2H3,(H2,20,21,22). The summed E-state index contributed by atoms with van der Waals surface area (Å²) in [5.41, 5.74) is 0.994. The highest BCUT2D eigenvalue weighted by Crippen LogP contribution is 2.32. The van der Waals surface area contributed by atoms with E-state index < -0.39 is 0 Å². The van der Waals surface area contributed by atoms with Crippen LogP contribution in [0, 0.1) is 0 Å². The number of hydrogen-bond acceptors (Lipinski definition) is 5. The van der Waals surface area contributed by atoms with Gasteiger partial charge in [0.15, 0.2) is 17.5 Å². The number of nitrogens with one attached hydrogen (secondary N) is 2. The molecule has 0 saturated carbocycles. The largest absolute Gasteiger partial charge is 0.454 e. The smallest absolute Gasteiger partial charge is 0.231 e. The van der Waals surface area contributed by atoms with Gasteiger partial charge in [-0.3, -0.25) is 4.99 Å². The molecule has 1 fully saturated rings. The summed E-state index contributed by atoms with van der Waals surface area (Å²) in [5, 5.41) is 6.70. The lowest BCUT2D eigenvalue weighted by Gasteiger charge is -2.34. The highest BCUT2D eigenvalue weighted by molar-refractivity contribution is 5.79. The SMILES string of the molecule is CCNC(=NCC1(OC)CCOCC1)NCCc1ccc2c(c1)OCO2. The molecule has 0 aliphatic carbocycles. The van der Waals surface area contributed by atoms with E-state index in [0.29, 0.717) is 13.3 Å². The van der Waals surface area contributed by atoms with Gasteiger partial charge in [0.2, 0.25) is 6.79 Å². The molecule has 1 saturated heterocycles. The molecule has 26 heavy (non-hydrogen) atoms. The van der Waals surface area contributed by atoms with E-state index in [1.807, 2.05) is 12.1 Å². The fourth-order valence-electron chi connectivity index (χ4n) is 3.16. The lowest BCUT2D eigenvalue weighted by atomic mass is 9.94. The summed E-state index contributed by atoms with van der Waals surface area (Å²) in [6.07, 6.45) is 2.64. The van der Waals surface area contributed by atoms with E-state index in [-0.39, 0.29) is 5.60 Å². The number of guanidine groups is 1. The summed E-state index contributed by atoms with van der Waals surface area (Å²) in [6, 6.07) is 6.07. The van der Waals surface area contributed by atoms with E-state index in [1.54, 1.807) is 7.11 Å². The zero-order valence-electron chi connectivity index (χ0n) is 15.7. The number of fused-ring (bicyclic) bond motifs is 1. The molecule has 0 amide bonds. The minimum Gasteiger partial charge on any atom is -0.454 e. The predicted octanol–water partition coefficient (Wildman–Crippen LogP) is 1.71. The Labute approximate surface area is 155 Å². The van der Waals surface area contributed by atoms with Gasteiger partial charge >= 0.3 is 0 Å². The van der Waals surface area contributed by atoms with Gasteiger partial charge in [0.25, 0.3) is 0 Å². The van der Waals surface area contributed by atoms with Crippen LogP contribution in [-0.2, 0) is 15.9 Å². The van der Waals surface area contributed by atoms with E-state index in [9.17, 15) is 0 Å². The molecular weight excluding hydrogens is 334 g/mol. The number of nitrogens with zero attached hydrogens (tertiary/aromatic N) is 1. The fourth-order valence-corrected chi connectivity index (χ4v) is 3.16. The lowest BCUT2D eigenvalue weighted by Crippen LogP contribution is -2.44. The first-order chi connectivity index (χ1) is 12.7. The van der Waals surface area contributed by atoms with Crippen LogP contribution in [-0.4, -0.2) is 58.3 Å². The first kappa shape index (κ1) is 18.8. The minimum absolute atomic E-state index is 0.210. The molecule has 0 bridgehead atoms. The molecule has 0 radical (unpaired) electrons. The second-order valence-corrected chi connectivity index (χ2v) is 6.56. The number of ether oxygens (including phenoxy) is 4. The van der Waals surface area contributed by atoms with Crippen molar-refractivity contribution in [2.45, 2.75) is 31.8 Å². The zero-order chi connectivity index (χ0) is 18.2. The number of aliphatic imine (C=N–C) groups is 1. The average molecular weight is 363 g/mol. The van der Waals surface area contributed by atoms with Crippen molar-refractivity contribution in [2.75, 3.05) is 46.8 Å². The van der Waals surface area contributed by atoms with Crippen LogP contribution in [0.4, 0.5) is 0 Å². The van der Waals surface area contributed by atoms with Gasteiger partial charge in [0.05, 0.1) is 12.1 Å². The first-order valence-electron chi connectivity index (χ1n) is 9.28. The molecule has 3 rings (SSSR count). The third kappa shape index (κ3) is 4.80. The number of methoxy groups -OCH3 is 1. The Balaban J connectivity index is 1.52. The highest BCUT2D eigenvalue weighted by atomic mass is 16.7. The van der Waals surface area contributed by atoms with Gasteiger partial charge in [-0.25, -0.2) is 0 Å². The van der Waals surface area contributed by atoms with Crippen molar-refractivity contribution in [1.82, 2.24) is 10.6 Å². The Morgan fingerprint density at radius 1 is 1.19 bits per heavy atom. The number of benzene rings is 1.